The van der Waals surface area contributed by atoms with E-state index in [9.17, 15) is 14.0 Å². The van der Waals surface area contributed by atoms with Crippen LogP contribution in [0.15, 0.2) is 54.6 Å². The summed E-state index contributed by atoms with van der Waals surface area (Å²) in [7, 11) is 0. The molecule has 22 heavy (non-hydrogen) atoms. The number of hydrogen-bond acceptors (Lipinski definition) is 2. The van der Waals surface area contributed by atoms with E-state index < -0.39 is 17.9 Å². The third kappa shape index (κ3) is 2.45. The smallest absolute Gasteiger partial charge is 0.308 e. The Morgan fingerprint density at radius 3 is 2.45 bits per heavy atom. The van der Waals surface area contributed by atoms with Crippen LogP contribution < -0.4 is 4.90 Å². The lowest BCUT2D eigenvalue weighted by Crippen LogP contribution is -2.33. The zero-order valence-electron chi connectivity index (χ0n) is 12.1. The minimum Gasteiger partial charge on any atom is -0.308 e. The quantitative estimate of drug-likeness (QED) is 0.817. The number of carbonyl (C=O) groups is 2. The van der Waals surface area contributed by atoms with Crippen molar-refractivity contribution in [3.63, 3.8) is 0 Å². The minimum absolute atomic E-state index is 0.261. The Morgan fingerprint density at radius 2 is 1.77 bits per heavy atom. The van der Waals surface area contributed by atoms with Gasteiger partial charge in [-0.3, -0.25) is 4.79 Å². The van der Waals surface area contributed by atoms with Crippen molar-refractivity contribution in [1.82, 2.24) is 4.90 Å². The maximum Gasteiger partial charge on any atom is 0.332 e. The molecule has 1 heterocycles. The van der Waals surface area contributed by atoms with E-state index in [4.69, 9.17) is 0 Å². The number of hydrogen-bond donors (Lipinski definition) is 0. The fourth-order valence-electron chi connectivity index (χ4n) is 2.55. The molecule has 3 rings (SSSR count). The summed E-state index contributed by atoms with van der Waals surface area (Å²) in [5, 5.41) is 0. The lowest BCUT2D eigenvalue weighted by atomic mass is 10.2. The first-order valence-corrected chi connectivity index (χ1v) is 7.02. The van der Waals surface area contributed by atoms with E-state index >= 15 is 0 Å². The van der Waals surface area contributed by atoms with E-state index in [1.807, 2.05) is 30.3 Å². The van der Waals surface area contributed by atoms with Gasteiger partial charge in [0, 0.05) is 6.54 Å². The zero-order chi connectivity index (χ0) is 15.7. The van der Waals surface area contributed by atoms with Gasteiger partial charge in [-0.05, 0) is 30.7 Å². The summed E-state index contributed by atoms with van der Waals surface area (Å²) < 4.78 is 13.4. The number of anilines is 1. The molecule has 0 spiro atoms. The largest absolute Gasteiger partial charge is 0.332 e. The summed E-state index contributed by atoms with van der Waals surface area (Å²) in [6, 6.07) is 14.0. The van der Waals surface area contributed by atoms with Crippen molar-refractivity contribution in [3.05, 3.63) is 66.0 Å². The first-order valence-electron chi connectivity index (χ1n) is 7.02. The maximum absolute atomic E-state index is 13.4. The molecule has 0 N–H and O–H groups in total. The second-order valence-electron chi connectivity index (χ2n) is 5.23. The van der Waals surface area contributed by atoms with E-state index in [0.717, 1.165) is 10.5 Å². The van der Waals surface area contributed by atoms with Crippen LogP contribution in [-0.2, 0) is 11.3 Å². The third-order valence-electron chi connectivity index (χ3n) is 3.74. The van der Waals surface area contributed by atoms with Crippen LogP contribution in [0.2, 0.25) is 0 Å². The molecule has 2 aromatic carbocycles. The first kappa shape index (κ1) is 14.3. The van der Waals surface area contributed by atoms with Crippen molar-refractivity contribution < 1.29 is 14.0 Å². The highest BCUT2D eigenvalue weighted by atomic mass is 19.1. The topological polar surface area (TPSA) is 40.6 Å². The highest BCUT2D eigenvalue weighted by Crippen LogP contribution is 2.26. The van der Waals surface area contributed by atoms with Crippen LogP contribution in [0, 0.1) is 5.82 Å². The van der Waals surface area contributed by atoms with Gasteiger partial charge >= 0.3 is 6.03 Å². The van der Waals surface area contributed by atoms with Crippen LogP contribution in [0.25, 0.3) is 0 Å². The SMILES string of the molecule is C[C@H]1C(=O)N(c2cccc(F)c2)C(=O)N1Cc1ccccc1. The van der Waals surface area contributed by atoms with E-state index in [1.54, 1.807) is 13.0 Å². The van der Waals surface area contributed by atoms with Gasteiger partial charge in [0.25, 0.3) is 5.91 Å². The van der Waals surface area contributed by atoms with Crippen molar-refractivity contribution in [2.45, 2.75) is 19.5 Å². The third-order valence-corrected chi connectivity index (χ3v) is 3.74. The molecule has 0 unspecified atom stereocenters. The van der Waals surface area contributed by atoms with Crippen molar-refractivity contribution >= 4 is 17.6 Å². The van der Waals surface area contributed by atoms with Gasteiger partial charge in [0.2, 0.25) is 0 Å². The van der Waals surface area contributed by atoms with Gasteiger partial charge < -0.3 is 4.90 Å². The van der Waals surface area contributed by atoms with Gasteiger partial charge in [-0.25, -0.2) is 14.1 Å². The average molecular weight is 298 g/mol. The highest BCUT2D eigenvalue weighted by Gasteiger charge is 2.43. The fraction of sp³-hybridized carbons (Fsp3) is 0.176. The number of benzene rings is 2. The number of rotatable bonds is 3. The Hall–Kier alpha value is -2.69. The molecule has 1 fully saturated rings. The summed E-state index contributed by atoms with van der Waals surface area (Å²) >= 11 is 0. The second-order valence-corrected chi connectivity index (χ2v) is 5.23. The molecule has 0 aromatic heterocycles. The van der Waals surface area contributed by atoms with Crippen LogP contribution in [0.3, 0.4) is 0 Å². The normalized spacial score (nSPS) is 18.2. The maximum atomic E-state index is 13.4. The van der Waals surface area contributed by atoms with Gasteiger partial charge in [-0.15, -0.1) is 0 Å². The Kier molecular flexibility index (Phi) is 3.63. The van der Waals surface area contributed by atoms with Gasteiger partial charge in [0.15, 0.2) is 0 Å². The highest BCUT2D eigenvalue weighted by molar-refractivity contribution is 6.21. The van der Waals surface area contributed by atoms with Crippen LogP contribution in [0.4, 0.5) is 14.9 Å². The molecule has 1 aliphatic rings. The number of halogens is 1. The number of amides is 3. The standard InChI is InChI=1S/C17H15FN2O2/c1-12-16(21)20(15-9-5-8-14(18)10-15)17(22)19(12)11-13-6-3-2-4-7-13/h2-10,12H,11H2,1H3/t12-/m0/s1. The Labute approximate surface area is 127 Å². The molecule has 1 saturated heterocycles. The Morgan fingerprint density at radius 1 is 1.05 bits per heavy atom. The number of urea groups is 1. The van der Waals surface area contributed by atoms with Crippen LogP contribution in [-0.4, -0.2) is 22.9 Å². The lowest BCUT2D eigenvalue weighted by Gasteiger charge is -2.19. The number of imide groups is 1. The first-order chi connectivity index (χ1) is 10.6. The summed E-state index contributed by atoms with van der Waals surface area (Å²) in [4.78, 5) is 27.4. The predicted molar refractivity (Wildman–Crippen MR) is 80.7 cm³/mol. The lowest BCUT2D eigenvalue weighted by molar-refractivity contribution is -0.119. The summed E-state index contributed by atoms with van der Waals surface area (Å²) in [6.45, 7) is 2.03. The molecule has 3 amide bonds. The molecule has 1 atom stereocenters. The van der Waals surface area contributed by atoms with Gasteiger partial charge in [-0.2, -0.15) is 0 Å². The van der Waals surface area contributed by atoms with E-state index in [-0.39, 0.29) is 11.6 Å². The van der Waals surface area contributed by atoms with E-state index in [1.165, 1.54) is 23.1 Å². The zero-order valence-corrected chi connectivity index (χ0v) is 12.1. The van der Waals surface area contributed by atoms with Gasteiger partial charge in [0.05, 0.1) is 5.69 Å². The fourth-order valence-corrected chi connectivity index (χ4v) is 2.55. The van der Waals surface area contributed by atoms with Crippen LogP contribution >= 0.6 is 0 Å². The Bertz CT molecular complexity index is 718. The summed E-state index contributed by atoms with van der Waals surface area (Å²) in [5.41, 5.74) is 1.20. The monoisotopic (exact) mass is 298 g/mol. The number of nitrogens with zero attached hydrogens (tertiary/aromatic N) is 2. The van der Waals surface area contributed by atoms with Crippen molar-refractivity contribution in [1.29, 1.82) is 0 Å². The molecule has 0 bridgehead atoms. The van der Waals surface area contributed by atoms with Gasteiger partial charge in [-0.1, -0.05) is 36.4 Å². The molecule has 5 heteroatoms. The average Bonchev–Trinajstić information content (AvgIpc) is 2.72. The van der Waals surface area contributed by atoms with Crippen LogP contribution in [0.1, 0.15) is 12.5 Å². The summed E-state index contributed by atoms with van der Waals surface area (Å²) in [5.74, 6) is -0.821. The molecule has 112 valence electrons. The Balaban J connectivity index is 1.89. The molecular formula is C17H15FN2O2. The van der Waals surface area contributed by atoms with E-state index in [2.05, 4.69) is 0 Å². The molecule has 2 aromatic rings. The molecule has 1 aliphatic heterocycles. The molecule has 0 radical (unpaired) electrons. The van der Waals surface area contributed by atoms with Crippen molar-refractivity contribution in [2.75, 3.05) is 4.90 Å². The van der Waals surface area contributed by atoms with Crippen LogP contribution in [0.5, 0.6) is 0 Å². The van der Waals surface area contributed by atoms with Crippen molar-refractivity contribution in [2.24, 2.45) is 0 Å². The minimum atomic E-state index is -0.573. The molecule has 0 saturated carbocycles. The second kappa shape index (κ2) is 5.60. The predicted octanol–water partition coefficient (Wildman–Crippen LogP) is 3.18. The molecule has 4 nitrogen and oxygen atoms in total. The summed E-state index contributed by atoms with van der Waals surface area (Å²) in [6.07, 6.45) is 0. The van der Waals surface area contributed by atoms with Crippen molar-refractivity contribution in [3.8, 4) is 0 Å². The van der Waals surface area contributed by atoms with Gasteiger partial charge in [0.1, 0.15) is 11.9 Å². The number of carbonyl (C=O) groups excluding carboxylic acids is 2. The molecule has 0 aliphatic carbocycles. The molecular weight excluding hydrogens is 283 g/mol. The van der Waals surface area contributed by atoms with E-state index in [0.29, 0.717) is 6.54 Å².